The van der Waals surface area contributed by atoms with E-state index in [0.717, 1.165) is 5.82 Å². The molecule has 0 aliphatic heterocycles. The molecule has 9 heavy (non-hydrogen) atoms. The van der Waals surface area contributed by atoms with Crippen molar-refractivity contribution in [3.8, 4) is 0 Å². The minimum atomic E-state index is 0.374. The van der Waals surface area contributed by atoms with Gasteiger partial charge in [-0.2, -0.15) is 4.80 Å². The predicted molar refractivity (Wildman–Crippen MR) is 32.9 cm³/mol. The Hall–Kier alpha value is -0.930. The van der Waals surface area contributed by atoms with Crippen LogP contribution in [0.1, 0.15) is 25.6 Å². The molecule has 0 saturated carbocycles. The first-order valence-corrected chi connectivity index (χ1v) is 2.94. The molecule has 0 amide bonds. The van der Waals surface area contributed by atoms with Gasteiger partial charge in [0, 0.05) is 5.92 Å². The summed E-state index contributed by atoms with van der Waals surface area (Å²) in [4.78, 5) is 1.47. The molecule has 0 N–H and O–H groups in total. The zero-order valence-corrected chi connectivity index (χ0v) is 5.87. The maximum Gasteiger partial charge on any atom is 0.177 e. The van der Waals surface area contributed by atoms with E-state index in [0.29, 0.717) is 5.92 Å². The Balaban J connectivity index is 2.85. The molecule has 1 heterocycles. The number of hydrogen-bond donors (Lipinski definition) is 0. The number of rotatable bonds is 1. The van der Waals surface area contributed by atoms with Crippen molar-refractivity contribution < 1.29 is 0 Å². The molecule has 0 saturated heterocycles. The lowest BCUT2D eigenvalue weighted by molar-refractivity contribution is 0.625. The van der Waals surface area contributed by atoms with E-state index in [4.69, 9.17) is 0 Å². The highest BCUT2D eigenvalue weighted by atomic mass is 15.6. The van der Waals surface area contributed by atoms with Crippen LogP contribution in [0.4, 0.5) is 0 Å². The minimum Gasteiger partial charge on any atom is -0.167 e. The van der Waals surface area contributed by atoms with Crippen molar-refractivity contribution in [2.75, 3.05) is 0 Å². The molecule has 0 unspecified atom stereocenters. The number of nitrogens with zero attached hydrogens (tertiary/aromatic N) is 4. The summed E-state index contributed by atoms with van der Waals surface area (Å²) in [5, 5.41) is 11.5. The molecule has 1 rings (SSSR count). The van der Waals surface area contributed by atoms with Crippen molar-refractivity contribution in [2.24, 2.45) is 7.05 Å². The molecule has 4 nitrogen and oxygen atoms in total. The molecule has 0 fully saturated rings. The van der Waals surface area contributed by atoms with Crippen molar-refractivity contribution in [3.05, 3.63) is 5.82 Å². The molecule has 0 spiro atoms. The zero-order valence-electron chi connectivity index (χ0n) is 5.87. The lowest BCUT2D eigenvalue weighted by atomic mass is 10.2. The van der Waals surface area contributed by atoms with Gasteiger partial charge < -0.3 is 0 Å². The van der Waals surface area contributed by atoms with Crippen LogP contribution in [0.5, 0.6) is 0 Å². The van der Waals surface area contributed by atoms with Crippen LogP contribution in [0.15, 0.2) is 0 Å². The molecule has 0 aromatic carbocycles. The first kappa shape index (κ1) is 6.19. The van der Waals surface area contributed by atoms with Gasteiger partial charge >= 0.3 is 0 Å². The SMILES string of the molecule is CC(C)c1nnn(C)n1. The van der Waals surface area contributed by atoms with Crippen molar-refractivity contribution in [1.82, 2.24) is 20.2 Å². The molecule has 0 aliphatic rings. The standard InChI is InChI=1S/C5H10N4/c1-4(2)5-6-8-9(3)7-5/h4H,1-3H3. The highest BCUT2D eigenvalue weighted by Crippen LogP contribution is 2.04. The summed E-state index contributed by atoms with van der Waals surface area (Å²) in [6.45, 7) is 4.08. The lowest BCUT2D eigenvalue weighted by Gasteiger charge is -1.91. The maximum absolute atomic E-state index is 4.00. The Morgan fingerprint density at radius 3 is 2.33 bits per heavy atom. The minimum absolute atomic E-state index is 0.374. The summed E-state index contributed by atoms with van der Waals surface area (Å²) < 4.78 is 0. The van der Waals surface area contributed by atoms with Gasteiger partial charge in [0.05, 0.1) is 7.05 Å². The third kappa shape index (κ3) is 1.25. The Kier molecular flexibility index (Phi) is 1.46. The van der Waals surface area contributed by atoms with Gasteiger partial charge in [0.2, 0.25) is 0 Å². The number of aromatic nitrogens is 4. The summed E-state index contributed by atoms with van der Waals surface area (Å²) in [5.41, 5.74) is 0. The Bertz CT molecular complexity index is 191. The molecular formula is C5H10N4. The zero-order chi connectivity index (χ0) is 6.85. The van der Waals surface area contributed by atoms with Gasteiger partial charge in [-0.05, 0) is 5.21 Å². The summed E-state index contributed by atoms with van der Waals surface area (Å²) in [5.74, 6) is 1.18. The van der Waals surface area contributed by atoms with E-state index < -0.39 is 0 Å². The average Bonchev–Trinajstić information content (AvgIpc) is 2.14. The molecule has 1 aromatic heterocycles. The van der Waals surface area contributed by atoms with Gasteiger partial charge in [0.1, 0.15) is 0 Å². The van der Waals surface area contributed by atoms with Crippen molar-refractivity contribution in [1.29, 1.82) is 0 Å². The van der Waals surface area contributed by atoms with Crippen molar-refractivity contribution in [3.63, 3.8) is 0 Å². The average molecular weight is 126 g/mol. The topological polar surface area (TPSA) is 43.6 Å². The van der Waals surface area contributed by atoms with Gasteiger partial charge in [-0.1, -0.05) is 13.8 Å². The van der Waals surface area contributed by atoms with E-state index in [2.05, 4.69) is 15.4 Å². The molecular weight excluding hydrogens is 116 g/mol. The van der Waals surface area contributed by atoms with Crippen molar-refractivity contribution in [2.45, 2.75) is 19.8 Å². The van der Waals surface area contributed by atoms with E-state index in [9.17, 15) is 0 Å². The van der Waals surface area contributed by atoms with Crippen LogP contribution in [0.3, 0.4) is 0 Å². The molecule has 0 radical (unpaired) electrons. The predicted octanol–water partition coefficient (Wildman–Crippen LogP) is 0.333. The third-order valence-corrected chi connectivity index (χ3v) is 1.04. The summed E-state index contributed by atoms with van der Waals surface area (Å²) >= 11 is 0. The van der Waals surface area contributed by atoms with Crippen LogP contribution in [-0.2, 0) is 7.05 Å². The van der Waals surface area contributed by atoms with E-state index in [1.807, 2.05) is 13.8 Å². The fourth-order valence-corrected chi connectivity index (χ4v) is 0.530. The normalized spacial score (nSPS) is 10.7. The first-order chi connectivity index (χ1) is 4.20. The third-order valence-electron chi connectivity index (χ3n) is 1.04. The van der Waals surface area contributed by atoms with Gasteiger partial charge in [-0.15, -0.1) is 10.2 Å². The van der Waals surface area contributed by atoms with E-state index >= 15 is 0 Å². The molecule has 0 bridgehead atoms. The van der Waals surface area contributed by atoms with Crippen molar-refractivity contribution >= 4 is 0 Å². The Labute approximate surface area is 53.9 Å². The van der Waals surface area contributed by atoms with Gasteiger partial charge in [0.15, 0.2) is 5.82 Å². The quantitative estimate of drug-likeness (QED) is 0.544. The maximum atomic E-state index is 4.00. The lowest BCUT2D eigenvalue weighted by Crippen LogP contribution is -1.94. The van der Waals surface area contributed by atoms with E-state index in [1.54, 1.807) is 7.05 Å². The second kappa shape index (κ2) is 2.13. The first-order valence-electron chi connectivity index (χ1n) is 2.94. The highest BCUT2D eigenvalue weighted by Gasteiger charge is 2.03. The number of tetrazole rings is 1. The van der Waals surface area contributed by atoms with Crippen LogP contribution in [-0.4, -0.2) is 20.2 Å². The Morgan fingerprint density at radius 2 is 2.11 bits per heavy atom. The largest absolute Gasteiger partial charge is 0.177 e. The Morgan fingerprint density at radius 1 is 1.44 bits per heavy atom. The molecule has 0 atom stereocenters. The highest BCUT2D eigenvalue weighted by molar-refractivity contribution is 4.83. The van der Waals surface area contributed by atoms with E-state index in [1.165, 1.54) is 4.80 Å². The molecule has 50 valence electrons. The van der Waals surface area contributed by atoms with Crippen LogP contribution < -0.4 is 0 Å². The second-order valence-electron chi connectivity index (χ2n) is 2.29. The second-order valence-corrected chi connectivity index (χ2v) is 2.29. The number of hydrogen-bond acceptors (Lipinski definition) is 3. The molecule has 1 aromatic rings. The van der Waals surface area contributed by atoms with Crippen LogP contribution in [0.2, 0.25) is 0 Å². The van der Waals surface area contributed by atoms with Gasteiger partial charge in [-0.25, -0.2) is 0 Å². The summed E-state index contributed by atoms with van der Waals surface area (Å²) in [7, 11) is 1.76. The van der Waals surface area contributed by atoms with Gasteiger partial charge in [-0.3, -0.25) is 0 Å². The summed E-state index contributed by atoms with van der Waals surface area (Å²) in [6.07, 6.45) is 0. The molecule has 0 aliphatic carbocycles. The smallest absolute Gasteiger partial charge is 0.167 e. The fourth-order valence-electron chi connectivity index (χ4n) is 0.530. The van der Waals surface area contributed by atoms with Crippen LogP contribution in [0.25, 0.3) is 0 Å². The van der Waals surface area contributed by atoms with Crippen LogP contribution in [0, 0.1) is 0 Å². The van der Waals surface area contributed by atoms with Gasteiger partial charge in [0.25, 0.3) is 0 Å². The number of aryl methyl sites for hydroxylation is 1. The monoisotopic (exact) mass is 126 g/mol. The summed E-state index contributed by atoms with van der Waals surface area (Å²) in [6, 6.07) is 0. The van der Waals surface area contributed by atoms with E-state index in [-0.39, 0.29) is 0 Å². The van der Waals surface area contributed by atoms with Crippen LogP contribution >= 0.6 is 0 Å². The fraction of sp³-hybridized carbons (Fsp3) is 0.800. The molecule has 4 heteroatoms.